The summed E-state index contributed by atoms with van der Waals surface area (Å²) in [6, 6.07) is -0.476. The van der Waals surface area contributed by atoms with E-state index in [9.17, 15) is 13.2 Å². The van der Waals surface area contributed by atoms with Crippen molar-refractivity contribution in [3.8, 4) is 0 Å². The molecule has 1 saturated carbocycles. The Labute approximate surface area is 87.9 Å². The summed E-state index contributed by atoms with van der Waals surface area (Å²) < 4.78 is 23.1. The lowest BCUT2D eigenvalue weighted by Gasteiger charge is -2.28. The van der Waals surface area contributed by atoms with Gasteiger partial charge < -0.3 is 5.32 Å². The molecule has 0 bridgehead atoms. The van der Waals surface area contributed by atoms with Crippen LogP contribution in [0.1, 0.15) is 19.3 Å². The molecule has 6 nitrogen and oxygen atoms in total. The molecule has 2 rings (SSSR count). The van der Waals surface area contributed by atoms with Crippen molar-refractivity contribution in [1.82, 2.24) is 10.6 Å². The van der Waals surface area contributed by atoms with Crippen LogP contribution in [0.3, 0.4) is 0 Å². The largest absolute Gasteiger partial charge is 0.324 e. The maximum Gasteiger partial charge on any atom is 0.321 e. The smallest absolute Gasteiger partial charge is 0.321 e. The summed E-state index contributed by atoms with van der Waals surface area (Å²) in [5.74, 6) is -0.0135. The van der Waals surface area contributed by atoms with Crippen LogP contribution in [0, 0.1) is 5.41 Å². The van der Waals surface area contributed by atoms with Gasteiger partial charge in [-0.3, -0.25) is 10.7 Å². The minimum atomic E-state index is -3.25. The van der Waals surface area contributed by atoms with E-state index in [2.05, 4.69) is 10.6 Å². The van der Waals surface area contributed by atoms with Crippen molar-refractivity contribution in [3.63, 3.8) is 0 Å². The van der Waals surface area contributed by atoms with E-state index in [4.69, 9.17) is 5.41 Å². The molecule has 84 valence electrons. The van der Waals surface area contributed by atoms with Crippen LogP contribution in [-0.4, -0.2) is 37.3 Å². The third kappa shape index (κ3) is 1.41. The number of carbonyl (C=O) groups excluding carboxylic acids is 1. The summed E-state index contributed by atoms with van der Waals surface area (Å²) in [7, 11) is -3.25. The van der Waals surface area contributed by atoms with Crippen molar-refractivity contribution >= 4 is 21.7 Å². The lowest BCUT2D eigenvalue weighted by atomic mass is 9.97. The predicted octanol–water partition coefficient (Wildman–Crippen LogP) is -0.388. The first-order chi connectivity index (χ1) is 6.86. The minimum Gasteiger partial charge on any atom is -0.324 e. The number of amides is 2. The maximum atomic E-state index is 11.6. The van der Waals surface area contributed by atoms with Crippen molar-refractivity contribution in [2.75, 3.05) is 6.26 Å². The fourth-order valence-electron chi connectivity index (χ4n) is 2.50. The molecule has 0 aromatic rings. The Bertz CT molecular complexity index is 430. The topological polar surface area (TPSA) is 99.1 Å². The quantitative estimate of drug-likeness (QED) is 0.573. The second-order valence-electron chi connectivity index (χ2n) is 4.14. The van der Waals surface area contributed by atoms with Crippen molar-refractivity contribution in [1.29, 1.82) is 5.41 Å². The van der Waals surface area contributed by atoms with E-state index in [1.807, 2.05) is 0 Å². The number of sulfone groups is 1. The molecule has 7 heteroatoms. The van der Waals surface area contributed by atoms with E-state index in [1.54, 1.807) is 0 Å². The summed E-state index contributed by atoms with van der Waals surface area (Å²) in [4.78, 5) is 11.1. The highest BCUT2D eigenvalue weighted by molar-refractivity contribution is 7.91. The molecule has 15 heavy (non-hydrogen) atoms. The molecule has 1 aliphatic heterocycles. The third-order valence-electron chi connectivity index (χ3n) is 3.13. The van der Waals surface area contributed by atoms with Gasteiger partial charge in [-0.2, -0.15) is 0 Å². The molecule has 2 aliphatic rings. The fraction of sp³-hybridized carbons (Fsp3) is 0.750. The van der Waals surface area contributed by atoms with Crippen LogP contribution < -0.4 is 10.6 Å². The number of hydrogen-bond donors (Lipinski definition) is 3. The molecule has 2 fully saturated rings. The normalized spacial score (nSPS) is 35.7. The lowest BCUT2D eigenvalue weighted by molar-refractivity contribution is 0.244. The van der Waals surface area contributed by atoms with E-state index in [0.717, 1.165) is 6.26 Å². The first kappa shape index (κ1) is 10.4. The SMILES string of the molecule is CS(=O)(=O)C1CCCC12NC(=O)NC2=N. The number of hydrogen-bond acceptors (Lipinski definition) is 4. The highest BCUT2D eigenvalue weighted by atomic mass is 32.2. The van der Waals surface area contributed by atoms with Gasteiger partial charge in [0.25, 0.3) is 0 Å². The Morgan fingerprint density at radius 2 is 2.20 bits per heavy atom. The second kappa shape index (κ2) is 2.94. The summed E-state index contributed by atoms with van der Waals surface area (Å²) in [6.07, 6.45) is 2.88. The lowest BCUT2D eigenvalue weighted by Crippen LogP contribution is -2.55. The highest BCUT2D eigenvalue weighted by Gasteiger charge is 2.55. The molecule has 2 unspecified atom stereocenters. The molecule has 1 heterocycles. The second-order valence-corrected chi connectivity index (χ2v) is 6.36. The number of urea groups is 1. The van der Waals surface area contributed by atoms with Crippen LogP contribution in [0.15, 0.2) is 0 Å². The number of amidine groups is 1. The molecular weight excluding hydrogens is 218 g/mol. The van der Waals surface area contributed by atoms with Gasteiger partial charge >= 0.3 is 6.03 Å². The Morgan fingerprint density at radius 1 is 1.53 bits per heavy atom. The van der Waals surface area contributed by atoms with Gasteiger partial charge in [0.1, 0.15) is 11.4 Å². The van der Waals surface area contributed by atoms with Gasteiger partial charge in [0.05, 0.1) is 5.25 Å². The van der Waals surface area contributed by atoms with Crippen molar-refractivity contribution in [2.45, 2.75) is 30.1 Å². The van der Waals surface area contributed by atoms with E-state index in [1.165, 1.54) is 0 Å². The molecule has 1 saturated heterocycles. The zero-order chi connectivity index (χ0) is 11.3. The summed E-state index contributed by atoms with van der Waals surface area (Å²) in [5, 5.41) is 11.9. The van der Waals surface area contributed by atoms with Crippen LogP contribution in [0.25, 0.3) is 0 Å². The van der Waals surface area contributed by atoms with Crippen molar-refractivity contribution in [3.05, 3.63) is 0 Å². The first-order valence-corrected chi connectivity index (χ1v) is 6.69. The Hall–Kier alpha value is -1.11. The van der Waals surface area contributed by atoms with Gasteiger partial charge in [-0.15, -0.1) is 0 Å². The van der Waals surface area contributed by atoms with E-state index >= 15 is 0 Å². The summed E-state index contributed by atoms with van der Waals surface area (Å²) >= 11 is 0. The molecular formula is C8H13N3O3S. The monoisotopic (exact) mass is 231 g/mol. The van der Waals surface area contributed by atoms with Crippen LogP contribution in [0.2, 0.25) is 0 Å². The van der Waals surface area contributed by atoms with Gasteiger partial charge in [-0.25, -0.2) is 13.2 Å². The molecule has 0 aromatic carbocycles. The number of nitrogens with one attached hydrogen (secondary N) is 3. The zero-order valence-corrected chi connectivity index (χ0v) is 9.15. The van der Waals surface area contributed by atoms with Crippen molar-refractivity contribution in [2.24, 2.45) is 0 Å². The predicted molar refractivity (Wildman–Crippen MR) is 54.6 cm³/mol. The first-order valence-electron chi connectivity index (χ1n) is 4.73. The summed E-state index contributed by atoms with van der Waals surface area (Å²) in [6.45, 7) is 0. The molecule has 0 radical (unpaired) electrons. The Morgan fingerprint density at radius 3 is 2.67 bits per heavy atom. The molecule has 3 N–H and O–H groups in total. The highest BCUT2D eigenvalue weighted by Crippen LogP contribution is 2.36. The van der Waals surface area contributed by atoms with E-state index in [-0.39, 0.29) is 5.84 Å². The molecule has 0 aromatic heterocycles. The van der Waals surface area contributed by atoms with Gasteiger partial charge in [0.15, 0.2) is 9.84 Å². The molecule has 1 spiro atoms. The van der Waals surface area contributed by atoms with E-state index in [0.29, 0.717) is 19.3 Å². The minimum absolute atomic E-state index is 0.0135. The van der Waals surface area contributed by atoms with Gasteiger partial charge in [-0.05, 0) is 19.3 Å². The number of carbonyl (C=O) groups is 1. The van der Waals surface area contributed by atoms with Crippen LogP contribution >= 0.6 is 0 Å². The van der Waals surface area contributed by atoms with Crippen LogP contribution in [-0.2, 0) is 9.84 Å². The van der Waals surface area contributed by atoms with E-state index < -0.39 is 26.7 Å². The Kier molecular flexibility index (Phi) is 2.04. The van der Waals surface area contributed by atoms with Crippen LogP contribution in [0.4, 0.5) is 4.79 Å². The third-order valence-corrected chi connectivity index (χ3v) is 4.80. The van der Waals surface area contributed by atoms with Gasteiger partial charge in [0.2, 0.25) is 0 Å². The average molecular weight is 231 g/mol. The summed E-state index contributed by atoms with van der Waals surface area (Å²) in [5.41, 5.74) is -0.995. The molecule has 2 atom stereocenters. The Balaban J connectivity index is 2.43. The fourth-order valence-corrected chi connectivity index (χ4v) is 4.12. The van der Waals surface area contributed by atoms with Gasteiger partial charge in [0, 0.05) is 6.26 Å². The zero-order valence-electron chi connectivity index (χ0n) is 8.33. The molecule has 1 aliphatic carbocycles. The van der Waals surface area contributed by atoms with Crippen LogP contribution in [0.5, 0.6) is 0 Å². The maximum absolute atomic E-state index is 11.6. The standard InChI is InChI=1S/C8H13N3O3S/c1-15(13,14)5-3-2-4-8(5)6(9)10-7(12)11-8/h5H,2-4H2,1H3,(H3,9,10,11,12). The van der Waals surface area contributed by atoms with Gasteiger partial charge in [-0.1, -0.05) is 0 Å². The number of rotatable bonds is 1. The molecule has 2 amide bonds. The average Bonchev–Trinajstić information content (AvgIpc) is 2.57. The van der Waals surface area contributed by atoms with Crippen molar-refractivity contribution < 1.29 is 13.2 Å².